The Labute approximate surface area is 188 Å². The number of rotatable bonds is 8. The molecule has 4 atom stereocenters. The minimum Gasteiger partial charge on any atom is -0.481 e. The van der Waals surface area contributed by atoms with Crippen LogP contribution in [-0.2, 0) is 11.3 Å². The molecule has 2 aliphatic rings. The van der Waals surface area contributed by atoms with E-state index in [4.69, 9.17) is 0 Å². The lowest BCUT2D eigenvalue weighted by molar-refractivity contribution is -0.147. The standard InChI is InChI=1S/C25H30N2O3S/c1-3-10-21(23(28)29)25-17-31-16-22(25)27(18(2)20-13-8-5-9-14-20)24(30)26(25)15-19-11-6-4-7-12-19/h4-9,11-14,18,21-22H,3,10,15-17H2,1-2H3,(H,28,29)/t18-,21?,22+,25+/m1/s1. The van der Waals surface area contributed by atoms with Crippen LogP contribution < -0.4 is 0 Å². The molecular weight excluding hydrogens is 408 g/mol. The zero-order valence-corrected chi connectivity index (χ0v) is 18.9. The van der Waals surface area contributed by atoms with Crippen LogP contribution in [-0.4, -0.2) is 50.0 Å². The molecule has 1 unspecified atom stereocenters. The van der Waals surface area contributed by atoms with Crippen LogP contribution in [0.5, 0.6) is 0 Å². The molecule has 0 spiro atoms. The number of carboxylic acid groups (broad SMARTS) is 1. The van der Waals surface area contributed by atoms with E-state index in [1.165, 1.54) is 0 Å². The van der Waals surface area contributed by atoms with Crippen molar-refractivity contribution < 1.29 is 14.7 Å². The number of carbonyl (C=O) groups excluding carboxylic acids is 1. The predicted octanol–water partition coefficient (Wildman–Crippen LogP) is 5.04. The van der Waals surface area contributed by atoms with Gasteiger partial charge in [0.25, 0.3) is 0 Å². The number of thioether (sulfide) groups is 1. The number of hydrogen-bond acceptors (Lipinski definition) is 3. The van der Waals surface area contributed by atoms with Crippen molar-refractivity contribution in [3.8, 4) is 0 Å². The fourth-order valence-corrected chi connectivity index (χ4v) is 6.98. The number of aliphatic carboxylic acids is 1. The molecule has 2 amide bonds. The van der Waals surface area contributed by atoms with Gasteiger partial charge in [-0.3, -0.25) is 4.79 Å². The van der Waals surface area contributed by atoms with Crippen LogP contribution in [0.4, 0.5) is 4.79 Å². The lowest BCUT2D eigenvalue weighted by atomic mass is 9.76. The Balaban J connectivity index is 1.80. The largest absolute Gasteiger partial charge is 0.481 e. The van der Waals surface area contributed by atoms with Gasteiger partial charge >= 0.3 is 12.0 Å². The Bertz CT molecular complexity index is 923. The van der Waals surface area contributed by atoms with Crippen LogP contribution >= 0.6 is 11.8 Å². The van der Waals surface area contributed by atoms with Crippen molar-refractivity contribution in [2.24, 2.45) is 5.92 Å². The summed E-state index contributed by atoms with van der Waals surface area (Å²) in [6.45, 7) is 4.51. The van der Waals surface area contributed by atoms with Crippen LogP contribution in [0.2, 0.25) is 0 Å². The van der Waals surface area contributed by atoms with Gasteiger partial charge in [0, 0.05) is 18.1 Å². The molecule has 0 aliphatic carbocycles. The van der Waals surface area contributed by atoms with E-state index in [9.17, 15) is 14.7 Å². The van der Waals surface area contributed by atoms with Crippen LogP contribution in [0.25, 0.3) is 0 Å². The SMILES string of the molecule is CCCC(C(=O)O)[C@@]12CSC[C@@H]1N([C@H](C)c1ccccc1)C(=O)N2Cc1ccccc1. The van der Waals surface area contributed by atoms with Gasteiger partial charge in [-0.15, -0.1) is 0 Å². The lowest BCUT2D eigenvalue weighted by Gasteiger charge is -2.41. The number of hydrogen-bond donors (Lipinski definition) is 1. The molecule has 31 heavy (non-hydrogen) atoms. The number of urea groups is 1. The Morgan fingerprint density at radius 2 is 1.81 bits per heavy atom. The molecule has 4 rings (SSSR count). The molecule has 2 saturated heterocycles. The summed E-state index contributed by atoms with van der Waals surface area (Å²) < 4.78 is 0. The molecule has 0 bridgehead atoms. The summed E-state index contributed by atoms with van der Waals surface area (Å²) in [4.78, 5) is 30.3. The van der Waals surface area contributed by atoms with Gasteiger partial charge in [-0.2, -0.15) is 11.8 Å². The first-order chi connectivity index (χ1) is 15.0. The highest BCUT2D eigenvalue weighted by Gasteiger charge is 2.65. The van der Waals surface area contributed by atoms with Gasteiger partial charge < -0.3 is 14.9 Å². The highest BCUT2D eigenvalue weighted by atomic mass is 32.2. The Morgan fingerprint density at radius 3 is 2.42 bits per heavy atom. The topological polar surface area (TPSA) is 60.9 Å². The fourth-order valence-electron chi connectivity index (χ4n) is 5.31. The van der Waals surface area contributed by atoms with Crippen LogP contribution in [0.1, 0.15) is 43.9 Å². The molecule has 1 N–H and O–H groups in total. The molecule has 5 nitrogen and oxygen atoms in total. The molecule has 6 heteroatoms. The second-order valence-corrected chi connectivity index (χ2v) is 9.58. The molecule has 0 saturated carbocycles. The third-order valence-electron chi connectivity index (χ3n) is 6.84. The van der Waals surface area contributed by atoms with Crippen molar-refractivity contribution in [1.29, 1.82) is 0 Å². The first-order valence-electron chi connectivity index (χ1n) is 11.0. The van der Waals surface area contributed by atoms with Crippen LogP contribution in [0.3, 0.4) is 0 Å². The summed E-state index contributed by atoms with van der Waals surface area (Å²) in [6, 6.07) is 19.7. The third-order valence-corrected chi connectivity index (χ3v) is 8.06. The zero-order valence-electron chi connectivity index (χ0n) is 18.1. The summed E-state index contributed by atoms with van der Waals surface area (Å²) in [5, 5.41) is 10.3. The van der Waals surface area contributed by atoms with Gasteiger partial charge in [0.2, 0.25) is 0 Å². The van der Waals surface area contributed by atoms with E-state index in [1.54, 1.807) is 11.8 Å². The quantitative estimate of drug-likeness (QED) is 0.587. The highest BCUT2D eigenvalue weighted by molar-refractivity contribution is 7.99. The van der Waals surface area contributed by atoms with Crippen molar-refractivity contribution in [3.05, 3.63) is 71.8 Å². The zero-order chi connectivity index (χ0) is 22.0. The lowest BCUT2D eigenvalue weighted by Crippen LogP contribution is -2.59. The molecule has 2 aromatic carbocycles. The number of benzene rings is 2. The number of amides is 2. The second kappa shape index (κ2) is 8.95. The van der Waals surface area contributed by atoms with E-state index in [-0.39, 0.29) is 18.1 Å². The summed E-state index contributed by atoms with van der Waals surface area (Å²) in [6.07, 6.45) is 1.34. The maximum Gasteiger partial charge on any atom is 0.321 e. The minimum atomic E-state index is -0.797. The summed E-state index contributed by atoms with van der Waals surface area (Å²) in [5.74, 6) is 0.0416. The molecule has 0 radical (unpaired) electrons. The average molecular weight is 439 g/mol. The number of fused-ring (bicyclic) bond motifs is 1. The molecule has 2 aromatic rings. The van der Waals surface area contributed by atoms with Crippen LogP contribution in [0.15, 0.2) is 60.7 Å². The summed E-state index contributed by atoms with van der Waals surface area (Å²) >= 11 is 1.77. The van der Waals surface area contributed by atoms with E-state index < -0.39 is 17.4 Å². The van der Waals surface area contributed by atoms with Crippen molar-refractivity contribution in [3.63, 3.8) is 0 Å². The van der Waals surface area contributed by atoms with Gasteiger partial charge in [-0.05, 0) is 24.5 Å². The van der Waals surface area contributed by atoms with Crippen molar-refractivity contribution in [2.45, 2.75) is 50.9 Å². The first-order valence-corrected chi connectivity index (χ1v) is 12.2. The van der Waals surface area contributed by atoms with E-state index in [2.05, 4.69) is 6.92 Å². The number of nitrogens with zero attached hydrogens (tertiary/aromatic N) is 2. The average Bonchev–Trinajstić information content (AvgIpc) is 3.30. The molecule has 2 fully saturated rings. The smallest absolute Gasteiger partial charge is 0.321 e. The van der Waals surface area contributed by atoms with E-state index in [0.717, 1.165) is 23.3 Å². The second-order valence-electron chi connectivity index (χ2n) is 8.55. The monoisotopic (exact) mass is 438 g/mol. The van der Waals surface area contributed by atoms with Gasteiger partial charge in [-0.25, -0.2) is 4.79 Å². The Kier molecular flexibility index (Phi) is 6.28. The van der Waals surface area contributed by atoms with Gasteiger partial charge in [0.15, 0.2) is 0 Å². The van der Waals surface area contributed by atoms with Crippen molar-refractivity contribution >= 4 is 23.8 Å². The Hall–Kier alpha value is -2.47. The van der Waals surface area contributed by atoms with Crippen LogP contribution in [0, 0.1) is 5.92 Å². The van der Waals surface area contributed by atoms with Crippen molar-refractivity contribution in [2.75, 3.05) is 11.5 Å². The maximum absolute atomic E-state index is 13.9. The van der Waals surface area contributed by atoms with E-state index >= 15 is 0 Å². The van der Waals surface area contributed by atoms with E-state index in [1.807, 2.05) is 77.4 Å². The summed E-state index contributed by atoms with van der Waals surface area (Å²) in [7, 11) is 0. The third kappa shape index (κ3) is 3.71. The summed E-state index contributed by atoms with van der Waals surface area (Å²) in [5.41, 5.74) is 1.40. The van der Waals surface area contributed by atoms with Gasteiger partial charge in [0.05, 0.1) is 23.5 Å². The predicted molar refractivity (Wildman–Crippen MR) is 124 cm³/mol. The minimum absolute atomic E-state index is 0.0483. The molecule has 164 valence electrons. The Morgan fingerprint density at radius 1 is 1.16 bits per heavy atom. The normalized spacial score (nSPS) is 24.8. The number of carbonyl (C=O) groups is 2. The molecule has 0 aromatic heterocycles. The molecular formula is C25H30N2O3S. The molecule has 2 heterocycles. The first kappa shape index (κ1) is 21.8. The highest BCUT2D eigenvalue weighted by Crippen LogP contribution is 2.51. The molecule has 2 aliphatic heterocycles. The van der Waals surface area contributed by atoms with Gasteiger partial charge in [-0.1, -0.05) is 74.0 Å². The van der Waals surface area contributed by atoms with Crippen molar-refractivity contribution in [1.82, 2.24) is 9.80 Å². The number of carboxylic acids is 1. The fraction of sp³-hybridized carbons (Fsp3) is 0.440. The maximum atomic E-state index is 13.9. The van der Waals surface area contributed by atoms with E-state index in [0.29, 0.717) is 18.7 Å². The van der Waals surface area contributed by atoms with Gasteiger partial charge in [0.1, 0.15) is 0 Å².